The monoisotopic (exact) mass is 412 g/mol. The Hall–Kier alpha value is -2.93. The minimum absolute atomic E-state index is 0.331. The third-order valence-electron chi connectivity index (χ3n) is 5.12. The molecule has 7 heteroatoms. The van der Waals surface area contributed by atoms with Gasteiger partial charge in [0.1, 0.15) is 11.5 Å². The largest absolute Gasteiger partial charge is 0.506 e. The molecule has 0 aliphatic carbocycles. The van der Waals surface area contributed by atoms with Crippen molar-refractivity contribution in [2.24, 2.45) is 4.99 Å². The average Bonchev–Trinajstić information content (AvgIpc) is 2.78. The molecule has 2 aromatic rings. The lowest BCUT2D eigenvalue weighted by molar-refractivity contribution is 0.172. The molecule has 30 heavy (non-hydrogen) atoms. The van der Waals surface area contributed by atoms with Crippen LogP contribution in [-0.4, -0.2) is 69.5 Å². The van der Waals surface area contributed by atoms with Crippen molar-refractivity contribution >= 4 is 11.6 Å². The molecule has 1 fully saturated rings. The van der Waals surface area contributed by atoms with Gasteiger partial charge in [-0.05, 0) is 29.8 Å². The number of benzene rings is 2. The molecule has 1 aliphatic rings. The number of phenols is 1. The Balaban J connectivity index is 1.49. The second kappa shape index (κ2) is 11.3. The highest BCUT2D eigenvalue weighted by Crippen LogP contribution is 2.27. The third kappa shape index (κ3) is 6.03. The van der Waals surface area contributed by atoms with E-state index in [1.54, 1.807) is 13.2 Å². The Morgan fingerprint density at radius 2 is 1.87 bits per heavy atom. The van der Waals surface area contributed by atoms with Crippen molar-refractivity contribution in [1.82, 2.24) is 10.2 Å². The zero-order valence-corrected chi connectivity index (χ0v) is 17.9. The lowest BCUT2D eigenvalue weighted by atomic mass is 10.2. The van der Waals surface area contributed by atoms with E-state index in [4.69, 9.17) is 9.47 Å². The van der Waals surface area contributed by atoms with Gasteiger partial charge in [-0.1, -0.05) is 24.3 Å². The fourth-order valence-corrected chi connectivity index (χ4v) is 3.54. The van der Waals surface area contributed by atoms with Crippen molar-refractivity contribution in [1.29, 1.82) is 0 Å². The van der Waals surface area contributed by atoms with Gasteiger partial charge in [0.25, 0.3) is 0 Å². The van der Waals surface area contributed by atoms with Gasteiger partial charge in [0.2, 0.25) is 0 Å². The maximum absolute atomic E-state index is 10.1. The summed E-state index contributed by atoms with van der Waals surface area (Å²) in [4.78, 5) is 8.92. The summed E-state index contributed by atoms with van der Waals surface area (Å²) in [5.41, 5.74) is 2.04. The number of guanidine groups is 1. The van der Waals surface area contributed by atoms with E-state index in [-0.39, 0.29) is 0 Å². The summed E-state index contributed by atoms with van der Waals surface area (Å²) in [5, 5.41) is 13.5. The van der Waals surface area contributed by atoms with Gasteiger partial charge in [0.15, 0.2) is 5.96 Å². The van der Waals surface area contributed by atoms with Crippen LogP contribution in [0.4, 0.5) is 5.69 Å². The molecule has 0 atom stereocenters. The Labute approximate surface area is 178 Å². The molecule has 1 saturated heterocycles. The number of phenolic OH excluding ortho intramolecular Hbond substituents is 1. The van der Waals surface area contributed by atoms with Crippen molar-refractivity contribution in [2.75, 3.05) is 58.5 Å². The summed E-state index contributed by atoms with van der Waals surface area (Å²) in [6, 6.07) is 15.6. The lowest BCUT2D eigenvalue weighted by Gasteiger charge is -2.37. The summed E-state index contributed by atoms with van der Waals surface area (Å²) in [7, 11) is 3.51. The van der Waals surface area contributed by atoms with E-state index in [1.807, 2.05) is 37.4 Å². The molecule has 2 aromatic carbocycles. The molecule has 1 aliphatic heterocycles. The van der Waals surface area contributed by atoms with E-state index in [9.17, 15) is 5.11 Å². The van der Waals surface area contributed by atoms with E-state index < -0.39 is 0 Å². The zero-order chi connectivity index (χ0) is 21.2. The van der Waals surface area contributed by atoms with Crippen molar-refractivity contribution in [3.05, 3.63) is 54.1 Å². The van der Waals surface area contributed by atoms with Gasteiger partial charge in [-0.15, -0.1) is 0 Å². The zero-order valence-electron chi connectivity index (χ0n) is 17.9. The summed E-state index contributed by atoms with van der Waals surface area (Å²) >= 11 is 0. The van der Waals surface area contributed by atoms with Crippen LogP contribution in [0.15, 0.2) is 53.5 Å². The van der Waals surface area contributed by atoms with Crippen LogP contribution in [0, 0.1) is 0 Å². The van der Waals surface area contributed by atoms with E-state index in [2.05, 4.69) is 32.2 Å². The smallest absolute Gasteiger partial charge is 0.194 e. The summed E-state index contributed by atoms with van der Waals surface area (Å²) in [5.74, 6) is 2.09. The first kappa shape index (κ1) is 21.8. The second-order valence-corrected chi connectivity index (χ2v) is 7.21. The van der Waals surface area contributed by atoms with Gasteiger partial charge in [0, 0.05) is 59.9 Å². The van der Waals surface area contributed by atoms with Gasteiger partial charge < -0.3 is 29.7 Å². The van der Waals surface area contributed by atoms with E-state index in [0.717, 1.165) is 55.6 Å². The average molecular weight is 413 g/mol. The van der Waals surface area contributed by atoms with Gasteiger partial charge in [-0.3, -0.25) is 4.99 Å². The predicted molar refractivity (Wildman–Crippen MR) is 121 cm³/mol. The minimum atomic E-state index is 0.331. The number of aliphatic imine (C=N–C) groups is 1. The number of nitrogens with one attached hydrogen (secondary N) is 1. The van der Waals surface area contributed by atoms with E-state index in [1.165, 1.54) is 0 Å². The number of aromatic hydroxyl groups is 1. The molecular weight excluding hydrogens is 380 g/mol. The van der Waals surface area contributed by atoms with Crippen LogP contribution in [0.5, 0.6) is 11.5 Å². The number of hydrogen-bond donors (Lipinski definition) is 2. The van der Waals surface area contributed by atoms with Crippen LogP contribution >= 0.6 is 0 Å². The molecule has 0 aromatic heterocycles. The second-order valence-electron chi connectivity index (χ2n) is 7.21. The minimum Gasteiger partial charge on any atom is -0.506 e. The van der Waals surface area contributed by atoms with Crippen molar-refractivity contribution in [2.45, 2.75) is 13.0 Å². The Kier molecular flexibility index (Phi) is 8.20. The SMILES string of the molecule is CN=C(NCc1cccc(OCCCOC)c1)N1CCN(c2ccccc2O)CC1. The first-order valence-corrected chi connectivity index (χ1v) is 10.4. The highest BCUT2D eigenvalue weighted by molar-refractivity contribution is 5.80. The molecule has 2 N–H and O–H groups in total. The Morgan fingerprint density at radius 3 is 2.60 bits per heavy atom. The lowest BCUT2D eigenvalue weighted by Crippen LogP contribution is -2.52. The molecule has 0 spiro atoms. The maximum atomic E-state index is 10.1. The van der Waals surface area contributed by atoms with Crippen LogP contribution in [-0.2, 0) is 11.3 Å². The van der Waals surface area contributed by atoms with Gasteiger partial charge >= 0.3 is 0 Å². The maximum Gasteiger partial charge on any atom is 0.194 e. The van der Waals surface area contributed by atoms with Crippen LogP contribution in [0.1, 0.15) is 12.0 Å². The first-order chi connectivity index (χ1) is 14.7. The summed E-state index contributed by atoms with van der Waals surface area (Å²) in [6.45, 7) is 5.39. The van der Waals surface area contributed by atoms with Gasteiger partial charge in [-0.25, -0.2) is 0 Å². The van der Waals surface area contributed by atoms with Crippen molar-refractivity contribution in [3.8, 4) is 11.5 Å². The molecule has 0 amide bonds. The quantitative estimate of drug-likeness (QED) is 0.395. The predicted octanol–water partition coefficient (Wildman–Crippen LogP) is 2.71. The normalized spacial score (nSPS) is 14.7. The van der Waals surface area contributed by atoms with Crippen LogP contribution in [0.25, 0.3) is 0 Å². The molecule has 162 valence electrons. The first-order valence-electron chi connectivity index (χ1n) is 10.4. The Morgan fingerprint density at radius 1 is 1.07 bits per heavy atom. The fourth-order valence-electron chi connectivity index (χ4n) is 3.54. The van der Waals surface area contributed by atoms with Crippen LogP contribution in [0.2, 0.25) is 0 Å². The van der Waals surface area contributed by atoms with Gasteiger partial charge in [-0.2, -0.15) is 0 Å². The van der Waals surface area contributed by atoms with Crippen molar-refractivity contribution in [3.63, 3.8) is 0 Å². The topological polar surface area (TPSA) is 69.6 Å². The number of methoxy groups -OCH3 is 1. The van der Waals surface area contributed by atoms with E-state index in [0.29, 0.717) is 25.5 Å². The highest BCUT2D eigenvalue weighted by Gasteiger charge is 2.21. The number of hydrogen-bond acceptors (Lipinski definition) is 5. The number of para-hydroxylation sites is 2. The Bertz CT molecular complexity index is 820. The number of ether oxygens (including phenoxy) is 2. The van der Waals surface area contributed by atoms with Crippen molar-refractivity contribution < 1.29 is 14.6 Å². The number of piperazine rings is 1. The summed E-state index contributed by atoms with van der Waals surface area (Å²) < 4.78 is 10.8. The molecule has 0 saturated carbocycles. The highest BCUT2D eigenvalue weighted by atomic mass is 16.5. The van der Waals surface area contributed by atoms with Crippen LogP contribution < -0.4 is 15.0 Å². The van der Waals surface area contributed by atoms with Gasteiger partial charge in [0.05, 0.1) is 12.3 Å². The molecule has 3 rings (SSSR count). The number of anilines is 1. The standard InChI is InChI=1S/C23H32N4O3/c1-24-23(25-18-19-7-5-8-20(17-19)30-16-6-15-29-2)27-13-11-26(12-14-27)21-9-3-4-10-22(21)28/h3-5,7-10,17,28H,6,11-16,18H2,1-2H3,(H,24,25). The number of nitrogens with zero attached hydrogens (tertiary/aromatic N) is 3. The molecule has 0 radical (unpaired) electrons. The molecular formula is C23H32N4O3. The van der Waals surface area contributed by atoms with Crippen LogP contribution in [0.3, 0.4) is 0 Å². The molecule has 1 heterocycles. The fraction of sp³-hybridized carbons (Fsp3) is 0.435. The molecule has 0 bridgehead atoms. The molecule has 0 unspecified atom stereocenters. The summed E-state index contributed by atoms with van der Waals surface area (Å²) in [6.07, 6.45) is 0.873. The third-order valence-corrected chi connectivity index (χ3v) is 5.12. The van der Waals surface area contributed by atoms with E-state index >= 15 is 0 Å². The number of rotatable bonds is 8. The molecule has 7 nitrogen and oxygen atoms in total.